The summed E-state index contributed by atoms with van der Waals surface area (Å²) in [6.07, 6.45) is 3.51. The van der Waals surface area contributed by atoms with Crippen LogP contribution in [0, 0.1) is 0 Å². The Kier molecular flexibility index (Phi) is 5.82. The molecule has 5 heteroatoms. The lowest BCUT2D eigenvalue weighted by molar-refractivity contribution is 0.281. The molecular weight excluding hydrogens is 334 g/mol. The number of aliphatic hydroxyl groups is 1. The van der Waals surface area contributed by atoms with Gasteiger partial charge in [0.15, 0.2) is 11.5 Å². The lowest BCUT2D eigenvalue weighted by Crippen LogP contribution is -1.98. The van der Waals surface area contributed by atoms with Gasteiger partial charge in [-0.05, 0) is 17.7 Å². The zero-order valence-corrected chi connectivity index (χ0v) is 14.7. The van der Waals surface area contributed by atoms with Gasteiger partial charge in [-0.2, -0.15) is 0 Å². The first-order chi connectivity index (χ1) is 12.3. The molecule has 1 aromatic heterocycles. The van der Waals surface area contributed by atoms with Crippen LogP contribution in [0.3, 0.4) is 0 Å². The summed E-state index contributed by atoms with van der Waals surface area (Å²) in [4.78, 5) is 4.62. The fourth-order valence-corrected chi connectivity index (χ4v) is 3.14. The van der Waals surface area contributed by atoms with Gasteiger partial charge in [0, 0.05) is 10.9 Å². The van der Waals surface area contributed by atoms with Crippen LogP contribution >= 0.6 is 11.3 Å². The Hall–Kier alpha value is -2.63. The number of hydrogen-bond acceptors (Lipinski definition) is 5. The predicted molar refractivity (Wildman–Crippen MR) is 101 cm³/mol. The maximum absolute atomic E-state index is 8.85. The lowest BCUT2D eigenvalue weighted by Gasteiger charge is -2.10. The molecule has 0 saturated heterocycles. The molecule has 2 aromatic carbocycles. The molecule has 0 amide bonds. The van der Waals surface area contributed by atoms with Gasteiger partial charge in [-0.1, -0.05) is 48.6 Å². The van der Waals surface area contributed by atoms with Crippen molar-refractivity contribution in [3.63, 3.8) is 0 Å². The van der Waals surface area contributed by atoms with Gasteiger partial charge in [0.25, 0.3) is 0 Å². The molecule has 0 fully saturated rings. The third-order valence-corrected chi connectivity index (χ3v) is 4.49. The minimum Gasteiger partial charge on any atom is -0.493 e. The monoisotopic (exact) mass is 353 g/mol. The van der Waals surface area contributed by atoms with Crippen LogP contribution in [0.1, 0.15) is 11.3 Å². The molecule has 3 aromatic rings. The maximum Gasteiger partial charge on any atom is 0.161 e. The van der Waals surface area contributed by atoms with Crippen molar-refractivity contribution in [2.45, 2.75) is 6.61 Å². The molecule has 0 aliphatic heterocycles. The van der Waals surface area contributed by atoms with E-state index >= 15 is 0 Å². The number of benzene rings is 2. The lowest BCUT2D eigenvalue weighted by atomic mass is 10.2. The molecule has 4 nitrogen and oxygen atoms in total. The zero-order chi connectivity index (χ0) is 17.5. The van der Waals surface area contributed by atoms with Crippen molar-refractivity contribution in [3.05, 3.63) is 71.2 Å². The van der Waals surface area contributed by atoms with Crippen LogP contribution in [-0.4, -0.2) is 23.8 Å². The van der Waals surface area contributed by atoms with Gasteiger partial charge in [0.2, 0.25) is 0 Å². The second-order valence-corrected chi connectivity index (χ2v) is 6.15. The van der Waals surface area contributed by atoms with Crippen LogP contribution in [-0.2, 0) is 6.61 Å². The van der Waals surface area contributed by atoms with Gasteiger partial charge in [-0.15, -0.1) is 11.3 Å². The number of hydrogen-bond donors (Lipinski definition) is 1. The van der Waals surface area contributed by atoms with Crippen molar-refractivity contribution in [2.24, 2.45) is 0 Å². The molecule has 0 aliphatic rings. The topological polar surface area (TPSA) is 51.6 Å². The molecule has 0 atom stereocenters. The Labute approximate surface area is 151 Å². The van der Waals surface area contributed by atoms with Crippen LogP contribution in [0.4, 0.5) is 0 Å². The smallest absolute Gasteiger partial charge is 0.161 e. The van der Waals surface area contributed by atoms with Gasteiger partial charge in [0.05, 0.1) is 19.4 Å². The van der Waals surface area contributed by atoms with Crippen LogP contribution in [0.5, 0.6) is 11.5 Å². The number of aliphatic hydroxyl groups excluding tert-OH is 1. The third-order valence-electron chi connectivity index (χ3n) is 3.55. The summed E-state index contributed by atoms with van der Waals surface area (Å²) in [6, 6.07) is 15.7. The average molecular weight is 353 g/mol. The standard InChI is InChI=1S/C20H19NO3S/c1-23-19-12-15(6-5-11-22)9-10-18(19)24-13-17-14-25-20(21-17)16-7-3-2-4-8-16/h2-10,12,14,22H,11,13H2,1H3/b6-5+. The summed E-state index contributed by atoms with van der Waals surface area (Å²) in [5.41, 5.74) is 2.93. The number of rotatable bonds is 7. The van der Waals surface area contributed by atoms with Crippen LogP contribution in [0.2, 0.25) is 0 Å². The zero-order valence-electron chi connectivity index (χ0n) is 13.9. The van der Waals surface area contributed by atoms with Crippen molar-refractivity contribution >= 4 is 17.4 Å². The highest BCUT2D eigenvalue weighted by Crippen LogP contribution is 2.30. The highest BCUT2D eigenvalue weighted by atomic mass is 32.1. The van der Waals surface area contributed by atoms with E-state index in [2.05, 4.69) is 4.98 Å². The van der Waals surface area contributed by atoms with E-state index < -0.39 is 0 Å². The van der Waals surface area contributed by atoms with Crippen molar-refractivity contribution in [1.82, 2.24) is 4.98 Å². The summed E-state index contributed by atoms with van der Waals surface area (Å²) in [5.74, 6) is 1.32. The quantitative estimate of drug-likeness (QED) is 0.684. The van der Waals surface area contributed by atoms with Gasteiger partial charge in [0.1, 0.15) is 11.6 Å². The van der Waals surface area contributed by atoms with E-state index in [1.165, 1.54) is 0 Å². The Balaban J connectivity index is 1.69. The van der Waals surface area contributed by atoms with E-state index in [1.54, 1.807) is 24.5 Å². The van der Waals surface area contributed by atoms with Gasteiger partial charge < -0.3 is 14.6 Å². The fourth-order valence-electron chi connectivity index (χ4n) is 2.33. The van der Waals surface area contributed by atoms with Gasteiger partial charge >= 0.3 is 0 Å². The summed E-state index contributed by atoms with van der Waals surface area (Å²) in [6.45, 7) is 0.389. The summed E-state index contributed by atoms with van der Waals surface area (Å²) < 4.78 is 11.3. The minimum atomic E-state index is 0.00808. The average Bonchev–Trinajstić information content (AvgIpc) is 3.14. The molecule has 0 unspecified atom stereocenters. The molecule has 0 bridgehead atoms. The summed E-state index contributed by atoms with van der Waals surface area (Å²) in [7, 11) is 1.61. The van der Waals surface area contributed by atoms with E-state index in [4.69, 9.17) is 14.6 Å². The molecular formula is C20H19NO3S. The number of thiazole rings is 1. The molecule has 0 saturated carbocycles. The van der Waals surface area contributed by atoms with Crippen molar-refractivity contribution in [2.75, 3.05) is 13.7 Å². The minimum absolute atomic E-state index is 0.00808. The van der Waals surface area contributed by atoms with Crippen molar-refractivity contribution in [3.8, 4) is 22.1 Å². The van der Waals surface area contributed by atoms with Gasteiger partial charge in [-0.25, -0.2) is 4.98 Å². The molecule has 1 N–H and O–H groups in total. The maximum atomic E-state index is 8.85. The molecule has 1 heterocycles. The van der Waals surface area contributed by atoms with E-state index in [9.17, 15) is 0 Å². The van der Waals surface area contributed by atoms with E-state index in [0.717, 1.165) is 21.8 Å². The normalized spacial score (nSPS) is 11.0. The molecule has 128 valence electrons. The Morgan fingerprint density at radius 1 is 1.12 bits per heavy atom. The number of methoxy groups -OCH3 is 1. The van der Waals surface area contributed by atoms with E-state index in [0.29, 0.717) is 18.1 Å². The van der Waals surface area contributed by atoms with Crippen LogP contribution in [0.25, 0.3) is 16.6 Å². The first kappa shape index (κ1) is 17.2. The molecule has 0 spiro atoms. The summed E-state index contributed by atoms with van der Waals surface area (Å²) in [5, 5.41) is 11.8. The predicted octanol–water partition coefficient (Wildman–Crippen LogP) is 4.40. The molecule has 25 heavy (non-hydrogen) atoms. The second-order valence-electron chi connectivity index (χ2n) is 5.29. The van der Waals surface area contributed by atoms with Crippen LogP contribution in [0.15, 0.2) is 60.0 Å². The Morgan fingerprint density at radius 2 is 1.96 bits per heavy atom. The fraction of sp³-hybridized carbons (Fsp3) is 0.150. The first-order valence-corrected chi connectivity index (χ1v) is 8.76. The largest absolute Gasteiger partial charge is 0.493 e. The van der Waals surface area contributed by atoms with Gasteiger partial charge in [-0.3, -0.25) is 0 Å². The number of aromatic nitrogens is 1. The number of nitrogens with zero attached hydrogens (tertiary/aromatic N) is 1. The summed E-state index contributed by atoms with van der Waals surface area (Å²) >= 11 is 1.60. The Morgan fingerprint density at radius 3 is 2.72 bits per heavy atom. The van der Waals surface area contributed by atoms with E-state index in [-0.39, 0.29) is 6.61 Å². The third kappa shape index (κ3) is 4.47. The Bertz CT molecular complexity index is 843. The second kappa shape index (κ2) is 8.46. The van der Waals surface area contributed by atoms with E-state index in [1.807, 2.05) is 60.0 Å². The van der Waals surface area contributed by atoms with Crippen LogP contribution < -0.4 is 9.47 Å². The molecule has 3 rings (SSSR count). The number of ether oxygens (including phenoxy) is 2. The SMILES string of the molecule is COc1cc(/C=C/CO)ccc1OCc1csc(-c2ccccc2)n1. The van der Waals surface area contributed by atoms with Crippen molar-refractivity contribution in [1.29, 1.82) is 0 Å². The molecule has 0 radical (unpaired) electrons. The van der Waals surface area contributed by atoms with Crippen molar-refractivity contribution < 1.29 is 14.6 Å². The first-order valence-electron chi connectivity index (χ1n) is 7.88. The molecule has 0 aliphatic carbocycles. The highest BCUT2D eigenvalue weighted by molar-refractivity contribution is 7.13. The highest BCUT2D eigenvalue weighted by Gasteiger charge is 2.08.